The highest BCUT2D eigenvalue weighted by Crippen LogP contribution is 2.11. The summed E-state index contributed by atoms with van der Waals surface area (Å²) >= 11 is 0. The topological polar surface area (TPSA) is 104 Å². The third-order valence-electron chi connectivity index (χ3n) is 7.31. The molecule has 46 heavy (non-hydrogen) atoms. The van der Waals surface area contributed by atoms with Gasteiger partial charge < -0.3 is 10.4 Å². The molecular weight excluding hydrogens is 594 g/mol. The summed E-state index contributed by atoms with van der Waals surface area (Å²) in [4.78, 5) is 12.4. The molecule has 0 aromatic carbocycles. The summed E-state index contributed by atoms with van der Waals surface area (Å²) in [6.07, 6.45) is 47.3. The normalized spacial score (nSPS) is 14.4. The van der Waals surface area contributed by atoms with Gasteiger partial charge in [-0.25, -0.2) is 0 Å². The van der Waals surface area contributed by atoms with Crippen molar-refractivity contribution in [1.82, 2.24) is 5.32 Å². The molecule has 0 saturated heterocycles. The van der Waals surface area contributed by atoms with Crippen molar-refractivity contribution in [2.75, 3.05) is 5.75 Å². The van der Waals surface area contributed by atoms with Crippen molar-refractivity contribution in [3.63, 3.8) is 0 Å². The van der Waals surface area contributed by atoms with Crippen LogP contribution in [0.15, 0.2) is 85.1 Å². The van der Waals surface area contributed by atoms with Crippen molar-refractivity contribution in [2.24, 2.45) is 0 Å². The predicted molar refractivity (Wildman–Crippen MR) is 197 cm³/mol. The van der Waals surface area contributed by atoms with Gasteiger partial charge in [-0.1, -0.05) is 144 Å². The van der Waals surface area contributed by atoms with E-state index in [-0.39, 0.29) is 12.3 Å². The van der Waals surface area contributed by atoms with E-state index in [2.05, 4.69) is 92.1 Å². The first-order valence-corrected chi connectivity index (χ1v) is 19.4. The van der Waals surface area contributed by atoms with Crippen molar-refractivity contribution in [3.05, 3.63) is 85.1 Å². The number of carbonyl (C=O) groups is 1. The molecule has 0 heterocycles. The fourth-order valence-corrected chi connectivity index (χ4v) is 5.39. The number of unbranched alkanes of at least 4 members (excludes halogenated alkanes) is 10. The van der Waals surface area contributed by atoms with Gasteiger partial charge in [-0.15, -0.1) is 0 Å². The molecule has 3 N–H and O–H groups in total. The van der Waals surface area contributed by atoms with E-state index in [0.717, 1.165) is 83.5 Å². The third kappa shape index (κ3) is 32.9. The van der Waals surface area contributed by atoms with Crippen LogP contribution in [0.5, 0.6) is 0 Å². The van der Waals surface area contributed by atoms with E-state index in [1.54, 1.807) is 6.08 Å². The number of hydrogen-bond acceptors (Lipinski definition) is 4. The lowest BCUT2D eigenvalue weighted by Crippen LogP contribution is -2.46. The standard InChI is InChI=1S/C39H65NO5S/c1-3-5-7-9-11-13-14-15-16-17-18-19-20-21-22-23-24-25-26-27-29-31-33-35-39(42)40-37(36-46(43,44)45)38(41)34-32-30-28-12-10-8-6-4-2/h5,7,10-13,15-16,18-19,21-22,32,34,37-38,41H,3-4,6,8-9,14,17,20,23-31,33,35-36H2,1-2H3,(H,40,42)(H,43,44,45)/b7-5-,12-10+,13-11-,16-15-,19-18-,22-21-,34-32+. The van der Waals surface area contributed by atoms with Gasteiger partial charge in [0.2, 0.25) is 5.91 Å². The molecule has 0 aromatic rings. The zero-order valence-corrected chi connectivity index (χ0v) is 29.7. The Labute approximate surface area is 282 Å². The highest BCUT2D eigenvalue weighted by molar-refractivity contribution is 7.85. The summed E-state index contributed by atoms with van der Waals surface area (Å²) in [5, 5.41) is 13.0. The lowest BCUT2D eigenvalue weighted by molar-refractivity contribution is -0.122. The molecule has 6 nitrogen and oxygen atoms in total. The average Bonchev–Trinajstić information content (AvgIpc) is 3.01. The number of rotatable bonds is 30. The molecule has 1 amide bonds. The number of carbonyl (C=O) groups excluding carboxylic acids is 1. The van der Waals surface area contributed by atoms with Gasteiger partial charge in [0, 0.05) is 6.42 Å². The van der Waals surface area contributed by atoms with Crippen LogP contribution in [0.3, 0.4) is 0 Å². The second kappa shape index (κ2) is 32.5. The van der Waals surface area contributed by atoms with E-state index in [0.29, 0.717) is 12.8 Å². The Kier molecular flexibility index (Phi) is 30.7. The van der Waals surface area contributed by atoms with Crippen molar-refractivity contribution < 1.29 is 22.9 Å². The van der Waals surface area contributed by atoms with Gasteiger partial charge in [-0.05, 0) is 70.6 Å². The highest BCUT2D eigenvalue weighted by atomic mass is 32.2. The number of allylic oxidation sites excluding steroid dienone is 13. The maximum absolute atomic E-state index is 12.4. The Morgan fingerprint density at radius 1 is 0.609 bits per heavy atom. The number of hydrogen-bond donors (Lipinski definition) is 3. The van der Waals surface area contributed by atoms with Crippen molar-refractivity contribution in [2.45, 2.75) is 148 Å². The molecule has 7 heteroatoms. The molecule has 0 aliphatic carbocycles. The van der Waals surface area contributed by atoms with Gasteiger partial charge in [-0.3, -0.25) is 9.35 Å². The Morgan fingerprint density at radius 3 is 1.63 bits per heavy atom. The third-order valence-corrected chi connectivity index (χ3v) is 8.09. The molecule has 0 aliphatic rings. The van der Waals surface area contributed by atoms with Gasteiger partial charge in [0.25, 0.3) is 10.1 Å². The smallest absolute Gasteiger partial charge is 0.267 e. The average molecular weight is 660 g/mol. The molecule has 0 bridgehead atoms. The zero-order valence-electron chi connectivity index (χ0n) is 28.9. The molecule has 0 rings (SSSR count). The minimum Gasteiger partial charge on any atom is -0.387 e. The van der Waals surface area contributed by atoms with Crippen LogP contribution in [-0.2, 0) is 14.9 Å². The van der Waals surface area contributed by atoms with E-state index in [9.17, 15) is 22.9 Å². The fourth-order valence-electron chi connectivity index (χ4n) is 4.65. The Morgan fingerprint density at radius 2 is 1.07 bits per heavy atom. The molecule has 0 saturated carbocycles. The van der Waals surface area contributed by atoms with E-state index >= 15 is 0 Å². The molecule has 0 aromatic heterocycles. The molecule has 2 unspecified atom stereocenters. The van der Waals surface area contributed by atoms with Gasteiger partial charge in [0.1, 0.15) is 0 Å². The minimum absolute atomic E-state index is 0.269. The lowest BCUT2D eigenvalue weighted by atomic mass is 10.1. The lowest BCUT2D eigenvalue weighted by Gasteiger charge is -2.21. The summed E-state index contributed by atoms with van der Waals surface area (Å²) in [7, 11) is -4.35. The number of aliphatic hydroxyl groups excluding tert-OH is 1. The summed E-state index contributed by atoms with van der Waals surface area (Å²) in [5.74, 6) is -1.03. The van der Waals surface area contributed by atoms with Crippen molar-refractivity contribution in [3.8, 4) is 0 Å². The number of nitrogens with one attached hydrogen (secondary N) is 1. The molecule has 262 valence electrons. The SMILES string of the molecule is CC/C=C\C/C=C\C/C=C\C/C=C\C/C=C\CCCCCCCCCC(=O)NC(CS(=O)(=O)O)C(O)/C=C/CC/C=C/CCCC. The monoisotopic (exact) mass is 659 g/mol. The molecule has 0 aliphatic heterocycles. The molecule has 0 radical (unpaired) electrons. The van der Waals surface area contributed by atoms with E-state index < -0.39 is 28.0 Å². The highest BCUT2D eigenvalue weighted by Gasteiger charge is 2.24. The quantitative estimate of drug-likeness (QED) is 0.0404. The number of aliphatic hydroxyl groups is 1. The van der Waals surface area contributed by atoms with Crippen LogP contribution in [0, 0.1) is 0 Å². The van der Waals surface area contributed by atoms with E-state index in [1.165, 1.54) is 25.3 Å². The molecule has 0 spiro atoms. The van der Waals surface area contributed by atoms with Gasteiger partial charge in [0.15, 0.2) is 0 Å². The summed E-state index contributed by atoms with van der Waals surface area (Å²) in [6.45, 7) is 4.30. The van der Waals surface area contributed by atoms with Crippen LogP contribution >= 0.6 is 0 Å². The maximum Gasteiger partial charge on any atom is 0.267 e. The zero-order chi connectivity index (χ0) is 34.0. The van der Waals surface area contributed by atoms with Crippen LogP contribution in [0.4, 0.5) is 0 Å². The first-order chi connectivity index (χ1) is 22.3. The molecule has 2 atom stereocenters. The summed E-state index contributed by atoms with van der Waals surface area (Å²) in [5.41, 5.74) is 0. The molecule has 0 fully saturated rings. The number of amides is 1. The summed E-state index contributed by atoms with van der Waals surface area (Å²) < 4.78 is 32.2. The van der Waals surface area contributed by atoms with Crippen LogP contribution in [0.1, 0.15) is 136 Å². The van der Waals surface area contributed by atoms with Gasteiger partial charge in [-0.2, -0.15) is 8.42 Å². The van der Waals surface area contributed by atoms with Crippen LogP contribution in [0.2, 0.25) is 0 Å². The minimum atomic E-state index is -4.35. The van der Waals surface area contributed by atoms with Gasteiger partial charge in [0.05, 0.1) is 17.9 Å². The van der Waals surface area contributed by atoms with Crippen molar-refractivity contribution in [1.29, 1.82) is 0 Å². The van der Waals surface area contributed by atoms with E-state index in [1.807, 2.05) is 0 Å². The van der Waals surface area contributed by atoms with E-state index in [4.69, 9.17) is 0 Å². The Bertz CT molecular complexity index is 1040. The first-order valence-electron chi connectivity index (χ1n) is 17.8. The van der Waals surface area contributed by atoms with Crippen LogP contribution in [0.25, 0.3) is 0 Å². The fraction of sp³-hybridized carbons (Fsp3) is 0.615. The van der Waals surface area contributed by atoms with Gasteiger partial charge >= 0.3 is 0 Å². The second-order valence-electron chi connectivity index (χ2n) is 11.8. The largest absolute Gasteiger partial charge is 0.387 e. The first kappa shape index (κ1) is 43.5. The molecular formula is C39H65NO5S. The van der Waals surface area contributed by atoms with Crippen LogP contribution < -0.4 is 5.32 Å². The maximum atomic E-state index is 12.4. The Hall–Kier alpha value is -2.48. The second-order valence-corrected chi connectivity index (χ2v) is 13.3. The Balaban J connectivity index is 3.95. The van der Waals surface area contributed by atoms with Crippen LogP contribution in [-0.4, -0.2) is 41.9 Å². The predicted octanol–water partition coefficient (Wildman–Crippen LogP) is 10.1. The summed E-state index contributed by atoms with van der Waals surface area (Å²) in [6, 6.07) is -1.08. The van der Waals surface area contributed by atoms with Crippen molar-refractivity contribution >= 4 is 16.0 Å².